The van der Waals surface area contributed by atoms with Gasteiger partial charge in [0.1, 0.15) is 12.2 Å². The second kappa shape index (κ2) is 49.8. The van der Waals surface area contributed by atoms with Gasteiger partial charge in [0.25, 0.3) is 0 Å². The van der Waals surface area contributed by atoms with Crippen LogP contribution in [0, 0.1) is 0 Å². The Bertz CT molecular complexity index is 924. The summed E-state index contributed by atoms with van der Waals surface area (Å²) in [5.74, 6) is -0.581. The van der Waals surface area contributed by atoms with Crippen molar-refractivity contribution < 1.29 is 25.2 Å². The van der Waals surface area contributed by atoms with Crippen LogP contribution in [0.5, 0.6) is 0 Å². The Morgan fingerprint density at radius 3 is 1.03 bits per heavy atom. The predicted molar refractivity (Wildman–Crippen MR) is 265 cm³/mol. The van der Waals surface area contributed by atoms with Crippen molar-refractivity contribution in [1.82, 2.24) is 5.32 Å². The van der Waals surface area contributed by atoms with Gasteiger partial charge in [-0.2, -0.15) is 0 Å². The van der Waals surface area contributed by atoms with E-state index in [-0.39, 0.29) is 0 Å². The van der Waals surface area contributed by atoms with Crippen LogP contribution in [0.2, 0.25) is 0 Å². The number of nitrogens with one attached hydrogen (secondary N) is 1. The first kappa shape index (κ1) is 59.8. The highest BCUT2D eigenvalue weighted by Gasteiger charge is 2.28. The van der Waals surface area contributed by atoms with Gasteiger partial charge in [0.2, 0.25) is 5.91 Å². The first-order valence-electron chi connectivity index (χ1n) is 27.2. The van der Waals surface area contributed by atoms with E-state index in [1.807, 2.05) is 0 Å². The van der Waals surface area contributed by atoms with Crippen molar-refractivity contribution in [3.05, 3.63) is 24.3 Å². The lowest BCUT2D eigenvalue weighted by atomic mass is 9.99. The number of hydrogen-bond donors (Lipinski definition) is 5. The molecule has 0 spiro atoms. The van der Waals surface area contributed by atoms with Crippen LogP contribution in [0.15, 0.2) is 24.3 Å². The standard InChI is InChI=1S/C55H107NO5/c1-3-5-7-9-11-13-15-17-19-20-21-22-23-24-25-26-27-28-29-30-31-32-33-35-37-39-41-43-45-47-49-53(59)55(61)56-51(50-57)54(60)52(58)48-46-44-42-40-38-36-34-18-16-14-12-10-8-6-4-2/h21-22,24-25,51-54,57-60H,3-20,23,26-50H2,1-2H3,(H,56,61)/b22-21-,25-24-. The van der Waals surface area contributed by atoms with E-state index in [4.69, 9.17) is 0 Å². The maximum absolute atomic E-state index is 12.6. The number of unbranched alkanes of at least 4 members (excludes halogenated alkanes) is 37. The second-order valence-electron chi connectivity index (χ2n) is 18.9. The quantitative estimate of drug-likeness (QED) is 0.0309. The lowest BCUT2D eigenvalue weighted by molar-refractivity contribution is -0.132. The zero-order chi connectivity index (χ0) is 44.5. The Hall–Kier alpha value is -1.21. The molecule has 4 unspecified atom stereocenters. The van der Waals surface area contributed by atoms with Crippen LogP contribution in [0.25, 0.3) is 0 Å². The third-order valence-electron chi connectivity index (χ3n) is 12.9. The Morgan fingerprint density at radius 2 is 0.705 bits per heavy atom. The maximum atomic E-state index is 12.6. The fraction of sp³-hybridized carbons (Fsp3) is 0.909. The first-order valence-corrected chi connectivity index (χ1v) is 27.2. The van der Waals surface area contributed by atoms with Crippen molar-refractivity contribution in [2.75, 3.05) is 6.61 Å². The van der Waals surface area contributed by atoms with E-state index < -0.39 is 36.9 Å². The van der Waals surface area contributed by atoms with Gasteiger partial charge in [-0.05, 0) is 44.9 Å². The maximum Gasteiger partial charge on any atom is 0.249 e. The van der Waals surface area contributed by atoms with Gasteiger partial charge < -0.3 is 25.7 Å². The molecule has 362 valence electrons. The van der Waals surface area contributed by atoms with Gasteiger partial charge in [0.05, 0.1) is 18.8 Å². The largest absolute Gasteiger partial charge is 0.394 e. The summed E-state index contributed by atoms with van der Waals surface area (Å²) in [7, 11) is 0. The number of rotatable bonds is 50. The zero-order valence-corrected chi connectivity index (χ0v) is 40.9. The lowest BCUT2D eigenvalue weighted by Crippen LogP contribution is -2.53. The van der Waals surface area contributed by atoms with Crippen LogP contribution >= 0.6 is 0 Å². The molecule has 0 aliphatic heterocycles. The van der Waals surface area contributed by atoms with E-state index in [1.54, 1.807) is 0 Å². The molecule has 1 amide bonds. The number of carbonyl (C=O) groups excluding carboxylic acids is 1. The van der Waals surface area contributed by atoms with Crippen molar-refractivity contribution in [2.24, 2.45) is 0 Å². The van der Waals surface area contributed by atoms with Gasteiger partial charge in [0.15, 0.2) is 0 Å². The molecule has 0 heterocycles. The molecule has 0 bridgehead atoms. The number of hydrogen-bond acceptors (Lipinski definition) is 5. The summed E-state index contributed by atoms with van der Waals surface area (Å²) < 4.78 is 0. The fourth-order valence-corrected chi connectivity index (χ4v) is 8.61. The van der Waals surface area contributed by atoms with Crippen LogP contribution in [-0.4, -0.2) is 57.3 Å². The fourth-order valence-electron chi connectivity index (χ4n) is 8.61. The average Bonchev–Trinajstić information content (AvgIpc) is 3.26. The van der Waals surface area contributed by atoms with Gasteiger partial charge in [0, 0.05) is 0 Å². The number of aliphatic hydroxyl groups excluding tert-OH is 4. The molecule has 0 fully saturated rings. The Morgan fingerprint density at radius 1 is 0.410 bits per heavy atom. The van der Waals surface area contributed by atoms with Gasteiger partial charge >= 0.3 is 0 Å². The SMILES string of the molecule is CCCCCCCCCCC/C=C\C/C=C\CCCCCCCCCCCCCCCCC(O)C(=O)NC(CO)C(O)C(O)CCCCCCCCCCCCCCCCC. The molecule has 0 aromatic heterocycles. The molecule has 0 aromatic rings. The minimum atomic E-state index is -1.26. The number of amides is 1. The Balaban J connectivity index is 3.60. The van der Waals surface area contributed by atoms with Crippen LogP contribution in [0.4, 0.5) is 0 Å². The molecule has 6 nitrogen and oxygen atoms in total. The smallest absolute Gasteiger partial charge is 0.249 e. The van der Waals surface area contributed by atoms with Crippen molar-refractivity contribution in [3.63, 3.8) is 0 Å². The summed E-state index contributed by atoms with van der Waals surface area (Å²) in [5, 5.41) is 43.9. The highest BCUT2D eigenvalue weighted by molar-refractivity contribution is 5.80. The van der Waals surface area contributed by atoms with E-state index in [1.165, 1.54) is 218 Å². The zero-order valence-electron chi connectivity index (χ0n) is 40.9. The second-order valence-corrected chi connectivity index (χ2v) is 18.9. The molecule has 0 saturated heterocycles. The summed E-state index contributed by atoms with van der Waals surface area (Å²) in [6, 6.07) is -0.984. The predicted octanol–water partition coefficient (Wildman–Crippen LogP) is 15.5. The lowest BCUT2D eigenvalue weighted by Gasteiger charge is -2.27. The molecule has 0 aliphatic rings. The normalized spacial score (nSPS) is 14.0. The van der Waals surface area contributed by atoms with E-state index in [0.717, 1.165) is 44.9 Å². The van der Waals surface area contributed by atoms with Crippen molar-refractivity contribution in [2.45, 2.75) is 314 Å². The van der Waals surface area contributed by atoms with Gasteiger partial charge in [-0.1, -0.05) is 269 Å². The first-order chi connectivity index (χ1) is 30.0. The number of aliphatic hydroxyl groups is 4. The van der Waals surface area contributed by atoms with Gasteiger partial charge in [-0.15, -0.1) is 0 Å². The van der Waals surface area contributed by atoms with Crippen molar-refractivity contribution in [1.29, 1.82) is 0 Å². The van der Waals surface area contributed by atoms with Crippen LogP contribution in [0.1, 0.15) is 290 Å². The topological polar surface area (TPSA) is 110 Å². The minimum absolute atomic E-state index is 0.371. The van der Waals surface area contributed by atoms with E-state index in [2.05, 4.69) is 43.5 Å². The van der Waals surface area contributed by atoms with Crippen LogP contribution in [-0.2, 0) is 4.79 Å². The summed E-state index contributed by atoms with van der Waals surface area (Å²) >= 11 is 0. The summed E-state index contributed by atoms with van der Waals surface area (Å²) in [4.78, 5) is 12.6. The Kier molecular flexibility index (Phi) is 48.8. The number of carbonyl (C=O) groups is 1. The molecule has 4 atom stereocenters. The monoisotopic (exact) mass is 862 g/mol. The average molecular weight is 862 g/mol. The molecule has 5 N–H and O–H groups in total. The highest BCUT2D eigenvalue weighted by atomic mass is 16.3. The molecule has 6 heteroatoms. The summed E-state index contributed by atoms with van der Waals surface area (Å²) in [5.41, 5.74) is 0. The molecule has 0 saturated carbocycles. The van der Waals surface area contributed by atoms with Crippen molar-refractivity contribution >= 4 is 5.91 Å². The molecule has 0 radical (unpaired) electrons. The molecule has 0 rings (SSSR count). The Labute approximate surface area is 380 Å². The van der Waals surface area contributed by atoms with E-state index >= 15 is 0 Å². The van der Waals surface area contributed by atoms with Crippen LogP contribution < -0.4 is 5.32 Å². The highest BCUT2D eigenvalue weighted by Crippen LogP contribution is 2.18. The molecule has 0 aromatic carbocycles. The van der Waals surface area contributed by atoms with Crippen LogP contribution in [0.3, 0.4) is 0 Å². The molecule has 0 aliphatic carbocycles. The third-order valence-corrected chi connectivity index (χ3v) is 12.9. The minimum Gasteiger partial charge on any atom is -0.394 e. The summed E-state index contributed by atoms with van der Waals surface area (Å²) in [6.45, 7) is 4.07. The van der Waals surface area contributed by atoms with Gasteiger partial charge in [-0.25, -0.2) is 0 Å². The van der Waals surface area contributed by atoms with Gasteiger partial charge in [-0.3, -0.25) is 4.79 Å². The molecular formula is C55H107NO5. The summed E-state index contributed by atoms with van der Waals surface area (Å²) in [6.07, 6.45) is 59.5. The van der Waals surface area contributed by atoms with E-state index in [9.17, 15) is 25.2 Å². The third kappa shape index (κ3) is 43.8. The number of allylic oxidation sites excluding steroid dienone is 4. The molecular weight excluding hydrogens is 755 g/mol. The molecule has 61 heavy (non-hydrogen) atoms. The van der Waals surface area contributed by atoms with Crippen molar-refractivity contribution in [3.8, 4) is 0 Å². The van der Waals surface area contributed by atoms with E-state index in [0.29, 0.717) is 12.8 Å².